The number of nitrogens with two attached hydrogens (primary N) is 1. The Bertz CT molecular complexity index is 1050. The lowest BCUT2D eigenvalue weighted by molar-refractivity contribution is -0.146. The summed E-state index contributed by atoms with van der Waals surface area (Å²) in [7, 11) is 1.24. The van der Waals surface area contributed by atoms with Gasteiger partial charge in [0.2, 0.25) is 23.6 Å². The highest BCUT2D eigenvalue weighted by atomic mass is 16.5. The van der Waals surface area contributed by atoms with Crippen LogP contribution in [-0.2, 0) is 35.1 Å². The van der Waals surface area contributed by atoms with E-state index in [9.17, 15) is 24.0 Å². The van der Waals surface area contributed by atoms with Crippen LogP contribution in [0.4, 0.5) is 0 Å². The lowest BCUT2D eigenvalue weighted by atomic mass is 9.96. The molecule has 0 aliphatic heterocycles. The second kappa shape index (κ2) is 15.5. The molecule has 0 heterocycles. The summed E-state index contributed by atoms with van der Waals surface area (Å²) in [6.45, 7) is 13.8. The summed E-state index contributed by atoms with van der Waals surface area (Å²) in [6, 6.07) is 6.42. The number of methoxy groups -OCH3 is 1. The summed E-state index contributed by atoms with van der Waals surface area (Å²) in [5.74, 6) is -2.60. The SMILES string of the molecule is COC(=O)[C@H](Cc1ccccc1)NC(=O)C(C)(C)NC(=O)[C@H](CC(C)C)NC(=O)C(C)(C)NC(=O)[C@@H](N)CC(C)C. The number of hydrogen-bond acceptors (Lipinski definition) is 7. The molecule has 11 nitrogen and oxygen atoms in total. The van der Waals surface area contributed by atoms with Gasteiger partial charge in [-0.2, -0.15) is 0 Å². The maximum atomic E-state index is 13.4. The highest BCUT2D eigenvalue weighted by Gasteiger charge is 2.38. The van der Waals surface area contributed by atoms with Crippen LogP contribution in [0.25, 0.3) is 0 Å². The number of amides is 4. The minimum Gasteiger partial charge on any atom is -0.467 e. The standard InChI is InChI=1S/C30H49N5O6/c1-18(2)15-21(31)24(36)34-29(5,6)27(39)32-22(16-19(3)4)25(37)35-30(7,8)28(40)33-23(26(38)41-9)17-20-13-11-10-12-14-20/h10-14,18-19,21-23H,15-17,31H2,1-9H3,(H,32,39)(H,33,40)(H,34,36)(H,35,37)/t21-,22-,23-/m0/s1. The first-order chi connectivity index (χ1) is 18.9. The van der Waals surface area contributed by atoms with Crippen LogP contribution in [0.15, 0.2) is 30.3 Å². The van der Waals surface area contributed by atoms with Crippen molar-refractivity contribution in [1.82, 2.24) is 21.3 Å². The van der Waals surface area contributed by atoms with Crippen molar-refractivity contribution in [2.75, 3.05) is 7.11 Å². The van der Waals surface area contributed by atoms with Gasteiger partial charge in [0.05, 0.1) is 13.2 Å². The third kappa shape index (κ3) is 11.9. The van der Waals surface area contributed by atoms with Crippen LogP contribution in [0.3, 0.4) is 0 Å². The van der Waals surface area contributed by atoms with Crippen LogP contribution in [0, 0.1) is 11.8 Å². The van der Waals surface area contributed by atoms with E-state index in [1.165, 1.54) is 34.8 Å². The zero-order chi connectivity index (χ0) is 31.5. The molecule has 230 valence electrons. The summed E-state index contributed by atoms with van der Waals surface area (Å²) in [6.07, 6.45) is 0.948. The average molecular weight is 576 g/mol. The van der Waals surface area contributed by atoms with Gasteiger partial charge in [0.25, 0.3) is 0 Å². The molecule has 0 aliphatic carbocycles. The number of esters is 1. The van der Waals surface area contributed by atoms with Crippen molar-refractivity contribution in [2.45, 2.75) is 104 Å². The highest BCUT2D eigenvalue weighted by molar-refractivity contribution is 5.97. The van der Waals surface area contributed by atoms with Crippen LogP contribution in [0.2, 0.25) is 0 Å². The number of hydrogen-bond donors (Lipinski definition) is 5. The number of ether oxygens (including phenoxy) is 1. The first-order valence-corrected chi connectivity index (χ1v) is 14.0. The molecule has 1 aromatic rings. The number of benzene rings is 1. The molecule has 0 fully saturated rings. The van der Waals surface area contributed by atoms with Gasteiger partial charge in [-0.15, -0.1) is 0 Å². The van der Waals surface area contributed by atoms with Crippen molar-refractivity contribution < 1.29 is 28.7 Å². The molecule has 41 heavy (non-hydrogen) atoms. The summed E-state index contributed by atoms with van der Waals surface area (Å²) in [5, 5.41) is 10.8. The Morgan fingerprint density at radius 1 is 0.756 bits per heavy atom. The smallest absolute Gasteiger partial charge is 0.328 e. The van der Waals surface area contributed by atoms with E-state index in [1.807, 2.05) is 58.0 Å². The molecule has 0 saturated carbocycles. The molecule has 0 aromatic heterocycles. The van der Waals surface area contributed by atoms with E-state index in [0.717, 1.165) is 5.56 Å². The summed E-state index contributed by atoms with van der Waals surface area (Å²) >= 11 is 0. The zero-order valence-electron chi connectivity index (χ0n) is 25.9. The molecule has 11 heteroatoms. The van der Waals surface area contributed by atoms with Crippen LogP contribution in [0.1, 0.15) is 73.8 Å². The van der Waals surface area contributed by atoms with Gasteiger partial charge in [-0.05, 0) is 57.9 Å². The number of carbonyl (C=O) groups excluding carboxylic acids is 5. The molecule has 3 atom stereocenters. The largest absolute Gasteiger partial charge is 0.467 e. The van der Waals surface area contributed by atoms with E-state index >= 15 is 0 Å². The number of rotatable bonds is 15. The quantitative estimate of drug-likeness (QED) is 0.198. The fraction of sp³-hybridized carbons (Fsp3) is 0.633. The molecule has 0 spiro atoms. The van der Waals surface area contributed by atoms with Gasteiger partial charge in [0, 0.05) is 6.42 Å². The Kier molecular flexibility index (Phi) is 13.4. The van der Waals surface area contributed by atoms with Crippen LogP contribution in [0.5, 0.6) is 0 Å². The Labute approximate surface area is 244 Å². The maximum absolute atomic E-state index is 13.4. The van der Waals surface area contributed by atoms with E-state index in [1.54, 1.807) is 0 Å². The van der Waals surface area contributed by atoms with Crippen molar-refractivity contribution in [3.63, 3.8) is 0 Å². The van der Waals surface area contributed by atoms with Crippen LogP contribution >= 0.6 is 0 Å². The van der Waals surface area contributed by atoms with Crippen molar-refractivity contribution in [1.29, 1.82) is 0 Å². The second-order valence-corrected chi connectivity index (χ2v) is 12.4. The molecule has 0 aliphatic rings. The van der Waals surface area contributed by atoms with Gasteiger partial charge in [-0.1, -0.05) is 58.0 Å². The second-order valence-electron chi connectivity index (χ2n) is 12.4. The topological polar surface area (TPSA) is 169 Å². The van der Waals surface area contributed by atoms with Crippen LogP contribution in [-0.4, -0.2) is 65.9 Å². The number of carbonyl (C=O) groups is 5. The molecule has 1 aromatic carbocycles. The lowest BCUT2D eigenvalue weighted by Gasteiger charge is -2.32. The van der Waals surface area contributed by atoms with Crippen molar-refractivity contribution in [3.8, 4) is 0 Å². The van der Waals surface area contributed by atoms with E-state index in [4.69, 9.17) is 10.5 Å². The average Bonchev–Trinajstić information content (AvgIpc) is 2.86. The van der Waals surface area contributed by atoms with E-state index < -0.39 is 58.8 Å². The molecule has 0 bridgehead atoms. The summed E-state index contributed by atoms with van der Waals surface area (Å²) in [4.78, 5) is 64.8. The normalized spacial score (nSPS) is 14.0. The molecule has 0 radical (unpaired) electrons. The molecular formula is C30H49N5O6. The third-order valence-corrected chi connectivity index (χ3v) is 6.47. The minimum absolute atomic E-state index is 0.0229. The first kappa shape index (κ1) is 35.6. The fourth-order valence-corrected chi connectivity index (χ4v) is 4.09. The van der Waals surface area contributed by atoms with Crippen molar-refractivity contribution in [2.24, 2.45) is 17.6 Å². The number of nitrogens with one attached hydrogen (secondary N) is 4. The Morgan fingerprint density at radius 3 is 1.68 bits per heavy atom. The predicted octanol–water partition coefficient (Wildman–Crippen LogP) is 1.58. The van der Waals surface area contributed by atoms with E-state index in [2.05, 4.69) is 21.3 Å². The molecular weight excluding hydrogens is 526 g/mol. The molecule has 1 rings (SSSR count). The maximum Gasteiger partial charge on any atom is 0.328 e. The Hall–Kier alpha value is -3.47. The van der Waals surface area contributed by atoms with Gasteiger partial charge in [0.1, 0.15) is 23.2 Å². The third-order valence-electron chi connectivity index (χ3n) is 6.47. The summed E-state index contributed by atoms with van der Waals surface area (Å²) < 4.78 is 4.87. The molecule has 0 unspecified atom stereocenters. The van der Waals surface area contributed by atoms with Gasteiger partial charge < -0.3 is 31.7 Å². The monoisotopic (exact) mass is 575 g/mol. The van der Waals surface area contributed by atoms with Crippen molar-refractivity contribution >= 4 is 29.6 Å². The predicted molar refractivity (Wildman–Crippen MR) is 157 cm³/mol. The highest BCUT2D eigenvalue weighted by Crippen LogP contribution is 2.13. The fourth-order valence-electron chi connectivity index (χ4n) is 4.09. The Balaban J connectivity index is 3.00. The van der Waals surface area contributed by atoms with Gasteiger partial charge in [-0.3, -0.25) is 19.2 Å². The van der Waals surface area contributed by atoms with E-state index in [0.29, 0.717) is 6.42 Å². The molecule has 6 N–H and O–H groups in total. The van der Waals surface area contributed by atoms with Gasteiger partial charge >= 0.3 is 5.97 Å². The van der Waals surface area contributed by atoms with Crippen LogP contribution < -0.4 is 27.0 Å². The van der Waals surface area contributed by atoms with Gasteiger partial charge in [-0.25, -0.2) is 4.79 Å². The van der Waals surface area contributed by atoms with Gasteiger partial charge in [0.15, 0.2) is 0 Å². The minimum atomic E-state index is -1.44. The Morgan fingerprint density at radius 2 is 1.22 bits per heavy atom. The first-order valence-electron chi connectivity index (χ1n) is 14.0. The lowest BCUT2D eigenvalue weighted by Crippen LogP contribution is -2.64. The summed E-state index contributed by atoms with van der Waals surface area (Å²) in [5.41, 5.74) is 4.01. The zero-order valence-corrected chi connectivity index (χ0v) is 25.9. The molecule has 4 amide bonds. The van der Waals surface area contributed by atoms with E-state index in [-0.39, 0.29) is 24.7 Å². The van der Waals surface area contributed by atoms with Crippen molar-refractivity contribution in [3.05, 3.63) is 35.9 Å². The molecule has 0 saturated heterocycles.